The molecule has 1 aliphatic heterocycles. The highest BCUT2D eigenvalue weighted by Gasteiger charge is 2.36. The molecule has 10 heavy (non-hydrogen) atoms. The van der Waals surface area contributed by atoms with Crippen molar-refractivity contribution in [3.63, 3.8) is 0 Å². The zero-order valence-electron chi connectivity index (χ0n) is 7.42. The maximum absolute atomic E-state index is 5.60. The van der Waals surface area contributed by atoms with Gasteiger partial charge in [0.15, 0.2) is 6.23 Å². The van der Waals surface area contributed by atoms with E-state index < -0.39 is 0 Å². The molecule has 1 saturated heterocycles. The molecule has 0 saturated carbocycles. The van der Waals surface area contributed by atoms with Crippen molar-refractivity contribution in [1.29, 1.82) is 0 Å². The normalized spacial score (nSPS) is 31.5. The maximum atomic E-state index is 5.60. The molecular weight excluding hydrogens is 126 g/mol. The van der Waals surface area contributed by atoms with Crippen LogP contribution in [0.2, 0.25) is 0 Å². The lowest BCUT2D eigenvalue weighted by Gasteiger charge is -2.31. The van der Waals surface area contributed by atoms with E-state index in [4.69, 9.17) is 4.74 Å². The van der Waals surface area contributed by atoms with E-state index in [2.05, 4.69) is 27.9 Å². The average Bonchev–Trinajstić information content (AvgIpc) is 2.08. The minimum Gasteiger partial charge on any atom is -0.323 e. The number of likely N-dealkylation sites (N-methyl/N-ethyl adjacent to an activating group) is 1. The molecule has 0 aromatic heterocycles. The summed E-state index contributed by atoms with van der Waals surface area (Å²) in [7, 11) is 4.47. The van der Waals surface area contributed by atoms with Crippen molar-refractivity contribution in [1.82, 2.24) is 0 Å². The quantitative estimate of drug-likeness (QED) is 0.500. The van der Waals surface area contributed by atoms with Crippen LogP contribution in [0.5, 0.6) is 0 Å². The molecule has 1 rings (SSSR count). The Labute approximate surface area is 63.4 Å². The number of quaternary nitrogens is 1. The van der Waals surface area contributed by atoms with Crippen LogP contribution in [0.15, 0.2) is 0 Å². The molecule has 1 aliphatic rings. The van der Waals surface area contributed by atoms with Crippen LogP contribution in [-0.4, -0.2) is 38.0 Å². The zero-order chi connectivity index (χ0) is 7.78. The fraction of sp³-hybridized carbons (Fsp3) is 1.00. The third-order valence-corrected chi connectivity index (χ3v) is 2.22. The minimum atomic E-state index is 0.417. The van der Waals surface area contributed by atoms with Crippen LogP contribution in [0.1, 0.15) is 13.8 Å². The van der Waals surface area contributed by atoms with Crippen LogP contribution in [0.3, 0.4) is 0 Å². The Kier molecular flexibility index (Phi) is 2.02. The second-order valence-corrected chi connectivity index (χ2v) is 4.01. The van der Waals surface area contributed by atoms with E-state index in [9.17, 15) is 0 Å². The fourth-order valence-electron chi connectivity index (χ4n) is 1.74. The lowest BCUT2D eigenvalue weighted by Crippen LogP contribution is -2.47. The summed E-state index contributed by atoms with van der Waals surface area (Å²) in [5.74, 6) is 0.637. The summed E-state index contributed by atoms with van der Waals surface area (Å²) < 4.78 is 6.63. The molecule has 1 unspecified atom stereocenters. The van der Waals surface area contributed by atoms with Gasteiger partial charge in [-0.05, 0) is 0 Å². The molecule has 0 amide bonds. The van der Waals surface area contributed by atoms with Crippen LogP contribution in [0.25, 0.3) is 0 Å². The van der Waals surface area contributed by atoms with Crippen LogP contribution >= 0.6 is 0 Å². The first-order valence-electron chi connectivity index (χ1n) is 3.98. The Morgan fingerprint density at radius 1 is 1.40 bits per heavy atom. The number of ether oxygens (including phenoxy) is 1. The van der Waals surface area contributed by atoms with Gasteiger partial charge < -0.3 is 9.22 Å². The highest BCUT2D eigenvalue weighted by atomic mass is 16.5. The first kappa shape index (κ1) is 8.02. The van der Waals surface area contributed by atoms with E-state index in [-0.39, 0.29) is 0 Å². The molecule has 0 radical (unpaired) electrons. The van der Waals surface area contributed by atoms with Crippen molar-refractivity contribution in [2.45, 2.75) is 20.1 Å². The first-order valence-corrected chi connectivity index (χ1v) is 3.98. The molecule has 0 bridgehead atoms. The summed E-state index contributed by atoms with van der Waals surface area (Å²) in [6, 6.07) is 0. The van der Waals surface area contributed by atoms with Gasteiger partial charge in [0.05, 0.1) is 14.1 Å². The molecule has 2 heteroatoms. The monoisotopic (exact) mass is 144 g/mol. The summed E-state index contributed by atoms with van der Waals surface area (Å²) in [5.41, 5.74) is 0. The van der Waals surface area contributed by atoms with Crippen LogP contribution in [0, 0.1) is 5.92 Å². The Hall–Kier alpha value is -0.0800. The highest BCUT2D eigenvalue weighted by molar-refractivity contribution is 4.56. The van der Waals surface area contributed by atoms with Gasteiger partial charge in [0.2, 0.25) is 0 Å². The van der Waals surface area contributed by atoms with Crippen molar-refractivity contribution >= 4 is 0 Å². The summed E-state index contributed by atoms with van der Waals surface area (Å²) in [6.45, 7) is 6.52. The van der Waals surface area contributed by atoms with E-state index in [1.54, 1.807) is 0 Å². The van der Waals surface area contributed by atoms with Crippen LogP contribution in [-0.2, 0) is 4.74 Å². The van der Waals surface area contributed by atoms with Gasteiger partial charge in [-0.1, -0.05) is 13.8 Å². The van der Waals surface area contributed by atoms with E-state index in [0.29, 0.717) is 12.1 Å². The summed E-state index contributed by atoms with van der Waals surface area (Å²) in [6.07, 6.45) is 0.417. The number of rotatable bonds is 1. The lowest BCUT2D eigenvalue weighted by molar-refractivity contribution is -0.918. The molecule has 0 spiro atoms. The van der Waals surface area contributed by atoms with Gasteiger partial charge in [-0.15, -0.1) is 0 Å². The maximum Gasteiger partial charge on any atom is 0.195 e. The van der Waals surface area contributed by atoms with Crippen LogP contribution < -0.4 is 0 Å². The van der Waals surface area contributed by atoms with Gasteiger partial charge >= 0.3 is 0 Å². The molecule has 0 aromatic carbocycles. The standard InChI is InChI=1S/C8H18NO/c1-7(2)8-9(3,4)5-6-10-8/h7-8H,5-6H2,1-4H3/q+1. The average molecular weight is 144 g/mol. The van der Waals surface area contributed by atoms with Gasteiger partial charge in [-0.3, -0.25) is 0 Å². The van der Waals surface area contributed by atoms with Gasteiger partial charge in [0.1, 0.15) is 13.2 Å². The Morgan fingerprint density at radius 3 is 2.20 bits per heavy atom. The number of nitrogens with zero attached hydrogens (tertiary/aromatic N) is 1. The van der Waals surface area contributed by atoms with E-state index >= 15 is 0 Å². The van der Waals surface area contributed by atoms with Crippen molar-refractivity contribution in [2.24, 2.45) is 5.92 Å². The Bertz CT molecular complexity index is 120. The van der Waals surface area contributed by atoms with Gasteiger partial charge in [0, 0.05) is 5.92 Å². The summed E-state index contributed by atoms with van der Waals surface area (Å²) in [4.78, 5) is 0. The third kappa shape index (κ3) is 1.32. The van der Waals surface area contributed by atoms with Crippen molar-refractivity contribution in [3.05, 3.63) is 0 Å². The van der Waals surface area contributed by atoms with Gasteiger partial charge in [-0.25, -0.2) is 0 Å². The summed E-state index contributed by atoms with van der Waals surface area (Å²) >= 11 is 0. The third-order valence-electron chi connectivity index (χ3n) is 2.22. The molecular formula is C8H18NO+. The Morgan fingerprint density at radius 2 is 2.00 bits per heavy atom. The predicted molar refractivity (Wildman–Crippen MR) is 41.6 cm³/mol. The summed E-state index contributed by atoms with van der Waals surface area (Å²) in [5, 5.41) is 0. The molecule has 1 fully saturated rings. The molecule has 2 nitrogen and oxygen atoms in total. The van der Waals surface area contributed by atoms with Crippen molar-refractivity contribution in [2.75, 3.05) is 27.2 Å². The van der Waals surface area contributed by atoms with Crippen molar-refractivity contribution < 1.29 is 9.22 Å². The largest absolute Gasteiger partial charge is 0.323 e. The molecule has 0 N–H and O–H groups in total. The molecule has 1 atom stereocenters. The minimum absolute atomic E-state index is 0.417. The Balaban J connectivity index is 2.59. The van der Waals surface area contributed by atoms with E-state index in [1.165, 1.54) is 0 Å². The topological polar surface area (TPSA) is 9.23 Å². The van der Waals surface area contributed by atoms with Crippen LogP contribution in [0.4, 0.5) is 0 Å². The van der Waals surface area contributed by atoms with E-state index in [1.807, 2.05) is 0 Å². The molecule has 60 valence electrons. The lowest BCUT2D eigenvalue weighted by atomic mass is 10.1. The number of hydrogen-bond donors (Lipinski definition) is 0. The SMILES string of the molecule is CC(C)C1OCC[N+]1(C)C. The second kappa shape index (κ2) is 2.51. The van der Waals surface area contributed by atoms with Gasteiger partial charge in [-0.2, -0.15) is 0 Å². The number of hydrogen-bond acceptors (Lipinski definition) is 1. The second-order valence-electron chi connectivity index (χ2n) is 4.01. The first-order chi connectivity index (χ1) is 4.54. The zero-order valence-corrected chi connectivity index (χ0v) is 7.42. The predicted octanol–water partition coefficient (Wildman–Crippen LogP) is 1.08. The van der Waals surface area contributed by atoms with E-state index in [0.717, 1.165) is 17.6 Å². The van der Waals surface area contributed by atoms with Gasteiger partial charge in [0.25, 0.3) is 0 Å². The smallest absolute Gasteiger partial charge is 0.195 e. The van der Waals surface area contributed by atoms with Crippen molar-refractivity contribution in [3.8, 4) is 0 Å². The highest BCUT2D eigenvalue weighted by Crippen LogP contribution is 2.21. The molecule has 1 heterocycles. The fourth-order valence-corrected chi connectivity index (χ4v) is 1.74. The molecule has 0 aliphatic carbocycles. The molecule has 0 aromatic rings.